The van der Waals surface area contributed by atoms with Gasteiger partial charge in [0.1, 0.15) is 5.75 Å². The van der Waals surface area contributed by atoms with Gasteiger partial charge in [-0.1, -0.05) is 49.9 Å². The van der Waals surface area contributed by atoms with Gasteiger partial charge in [0.05, 0.1) is 17.2 Å². The summed E-state index contributed by atoms with van der Waals surface area (Å²) in [6.07, 6.45) is 4.58. The highest BCUT2D eigenvalue weighted by molar-refractivity contribution is 6.33. The Morgan fingerprint density at radius 3 is 2.38 bits per heavy atom. The van der Waals surface area contributed by atoms with Crippen LogP contribution in [0.1, 0.15) is 53.3 Å². The van der Waals surface area contributed by atoms with Crippen LogP contribution in [0.4, 0.5) is 0 Å². The maximum absolute atomic E-state index is 12.2. The molecule has 0 aromatic heterocycles. The lowest BCUT2D eigenvalue weighted by molar-refractivity contribution is 0.0475. The van der Waals surface area contributed by atoms with E-state index in [-0.39, 0.29) is 18.0 Å². The molecule has 0 unspecified atom stereocenters. The fraction of sp³-hybridized carbons (Fsp3) is 0.333. The molecule has 0 fully saturated rings. The van der Waals surface area contributed by atoms with Gasteiger partial charge in [-0.25, -0.2) is 4.79 Å². The molecule has 2 aromatic carbocycles. The Bertz CT molecular complexity index is 725. The van der Waals surface area contributed by atoms with Crippen molar-refractivity contribution in [2.75, 3.05) is 13.2 Å². The number of carbonyl (C=O) groups excluding carboxylic acids is 2. The molecular formula is C21H23ClO4. The van der Waals surface area contributed by atoms with Crippen LogP contribution >= 0.6 is 11.6 Å². The lowest BCUT2D eigenvalue weighted by Crippen LogP contribution is -2.14. The van der Waals surface area contributed by atoms with Gasteiger partial charge >= 0.3 is 5.97 Å². The van der Waals surface area contributed by atoms with E-state index in [9.17, 15) is 9.59 Å². The molecule has 0 spiro atoms. The molecule has 2 rings (SSSR count). The van der Waals surface area contributed by atoms with Gasteiger partial charge < -0.3 is 9.47 Å². The van der Waals surface area contributed by atoms with Crippen molar-refractivity contribution in [2.45, 2.75) is 32.6 Å². The second-order valence-corrected chi connectivity index (χ2v) is 6.32. The third-order valence-electron chi connectivity index (χ3n) is 3.87. The van der Waals surface area contributed by atoms with Crippen molar-refractivity contribution in [1.29, 1.82) is 0 Å². The van der Waals surface area contributed by atoms with Gasteiger partial charge in [0.25, 0.3) is 0 Å². The number of benzene rings is 2. The van der Waals surface area contributed by atoms with E-state index >= 15 is 0 Å². The predicted octanol–water partition coefficient (Wildman–Crippen LogP) is 5.34. The Morgan fingerprint density at radius 2 is 1.69 bits per heavy atom. The summed E-state index contributed by atoms with van der Waals surface area (Å²) in [4.78, 5) is 24.1. The summed E-state index contributed by atoms with van der Waals surface area (Å²) in [5, 5.41) is 0.297. The summed E-state index contributed by atoms with van der Waals surface area (Å²) in [6, 6.07) is 13.4. The van der Waals surface area contributed by atoms with Gasteiger partial charge in [-0.2, -0.15) is 0 Å². The second kappa shape index (κ2) is 10.6. The standard InChI is InChI=1S/C21H23ClO4/c1-2-3-4-7-14-25-17-12-10-16(11-13-17)20(23)15-26-21(24)18-8-5-6-9-19(18)22/h5-6,8-13H,2-4,7,14-15H2,1H3. The molecule has 0 aliphatic rings. The lowest BCUT2D eigenvalue weighted by Gasteiger charge is -2.08. The summed E-state index contributed by atoms with van der Waals surface area (Å²) in [6.45, 7) is 2.51. The largest absolute Gasteiger partial charge is 0.494 e. The average molecular weight is 375 g/mol. The first-order chi connectivity index (χ1) is 12.6. The minimum Gasteiger partial charge on any atom is -0.494 e. The summed E-state index contributed by atoms with van der Waals surface area (Å²) >= 11 is 5.94. The molecule has 0 bridgehead atoms. The van der Waals surface area contributed by atoms with E-state index < -0.39 is 5.97 Å². The molecule has 0 amide bonds. The first kappa shape index (κ1) is 20.0. The topological polar surface area (TPSA) is 52.6 Å². The second-order valence-electron chi connectivity index (χ2n) is 5.91. The fourth-order valence-electron chi connectivity index (χ4n) is 2.37. The Morgan fingerprint density at radius 1 is 0.962 bits per heavy atom. The fourth-order valence-corrected chi connectivity index (χ4v) is 2.59. The summed E-state index contributed by atoms with van der Waals surface area (Å²) in [7, 11) is 0. The minimum atomic E-state index is -0.615. The SMILES string of the molecule is CCCCCCOc1ccc(C(=O)COC(=O)c2ccccc2Cl)cc1. The number of rotatable bonds is 10. The van der Waals surface area contributed by atoms with Crippen LogP contribution in [0.2, 0.25) is 5.02 Å². The average Bonchev–Trinajstić information content (AvgIpc) is 2.66. The molecule has 0 radical (unpaired) electrons. The zero-order chi connectivity index (χ0) is 18.8. The zero-order valence-electron chi connectivity index (χ0n) is 14.9. The monoisotopic (exact) mass is 374 g/mol. The molecule has 0 heterocycles. The van der Waals surface area contributed by atoms with Crippen molar-refractivity contribution in [3.05, 3.63) is 64.7 Å². The van der Waals surface area contributed by atoms with Gasteiger partial charge in [-0.15, -0.1) is 0 Å². The van der Waals surface area contributed by atoms with Gasteiger partial charge in [0.15, 0.2) is 12.4 Å². The molecule has 0 saturated heterocycles. The Kier molecular flexibility index (Phi) is 8.16. The van der Waals surface area contributed by atoms with Crippen LogP contribution in [0.15, 0.2) is 48.5 Å². The molecule has 0 aliphatic heterocycles. The van der Waals surface area contributed by atoms with Crippen molar-refractivity contribution >= 4 is 23.4 Å². The van der Waals surface area contributed by atoms with Crippen molar-refractivity contribution in [2.24, 2.45) is 0 Å². The highest BCUT2D eigenvalue weighted by Gasteiger charge is 2.14. The molecule has 0 N–H and O–H groups in total. The summed E-state index contributed by atoms with van der Waals surface area (Å²) in [5.74, 6) is -0.165. The number of ether oxygens (including phenoxy) is 2. The molecule has 2 aromatic rings. The number of hydrogen-bond acceptors (Lipinski definition) is 4. The van der Waals surface area contributed by atoms with Crippen molar-refractivity contribution in [3.8, 4) is 5.75 Å². The van der Waals surface area contributed by atoms with E-state index in [0.717, 1.165) is 18.6 Å². The van der Waals surface area contributed by atoms with E-state index in [1.165, 1.54) is 12.8 Å². The van der Waals surface area contributed by atoms with Crippen LogP contribution in [0.25, 0.3) is 0 Å². The predicted molar refractivity (Wildman–Crippen MR) is 102 cm³/mol. The van der Waals surface area contributed by atoms with E-state index in [0.29, 0.717) is 17.2 Å². The van der Waals surface area contributed by atoms with E-state index in [2.05, 4.69) is 6.92 Å². The molecule has 0 atom stereocenters. The van der Waals surface area contributed by atoms with Gasteiger partial charge in [-0.05, 0) is 42.8 Å². The van der Waals surface area contributed by atoms with Crippen LogP contribution in [0, 0.1) is 0 Å². The minimum absolute atomic E-state index is 0.244. The van der Waals surface area contributed by atoms with Crippen LogP contribution in [-0.4, -0.2) is 25.0 Å². The number of unbranched alkanes of at least 4 members (excludes halogenated alkanes) is 3. The molecule has 5 heteroatoms. The number of Topliss-reactive ketones (excluding diaryl/α,β-unsaturated/α-hetero) is 1. The number of carbonyl (C=O) groups is 2. The van der Waals surface area contributed by atoms with Crippen LogP contribution in [0.5, 0.6) is 5.75 Å². The molecule has 26 heavy (non-hydrogen) atoms. The third-order valence-corrected chi connectivity index (χ3v) is 4.20. The Hall–Kier alpha value is -2.33. The van der Waals surface area contributed by atoms with Gasteiger partial charge in [0.2, 0.25) is 0 Å². The smallest absolute Gasteiger partial charge is 0.340 e. The normalized spacial score (nSPS) is 10.4. The Balaban J connectivity index is 1.80. The van der Waals surface area contributed by atoms with E-state index in [1.807, 2.05) is 0 Å². The molecule has 4 nitrogen and oxygen atoms in total. The third kappa shape index (κ3) is 6.19. The van der Waals surface area contributed by atoms with Crippen molar-refractivity contribution in [1.82, 2.24) is 0 Å². The maximum Gasteiger partial charge on any atom is 0.340 e. The van der Waals surface area contributed by atoms with Crippen LogP contribution < -0.4 is 4.74 Å². The lowest BCUT2D eigenvalue weighted by atomic mass is 10.1. The van der Waals surface area contributed by atoms with Crippen LogP contribution in [-0.2, 0) is 4.74 Å². The zero-order valence-corrected chi connectivity index (χ0v) is 15.6. The summed E-state index contributed by atoms with van der Waals surface area (Å²) < 4.78 is 10.7. The highest BCUT2D eigenvalue weighted by atomic mass is 35.5. The quantitative estimate of drug-likeness (QED) is 0.320. The maximum atomic E-state index is 12.2. The van der Waals surface area contributed by atoms with Gasteiger partial charge in [-0.3, -0.25) is 4.79 Å². The first-order valence-electron chi connectivity index (χ1n) is 8.79. The number of esters is 1. The first-order valence-corrected chi connectivity index (χ1v) is 9.17. The number of ketones is 1. The van der Waals surface area contributed by atoms with E-state index in [4.69, 9.17) is 21.1 Å². The molecule has 138 valence electrons. The van der Waals surface area contributed by atoms with E-state index in [1.54, 1.807) is 48.5 Å². The highest BCUT2D eigenvalue weighted by Crippen LogP contribution is 2.17. The van der Waals surface area contributed by atoms with Crippen molar-refractivity contribution < 1.29 is 19.1 Å². The molecular weight excluding hydrogens is 352 g/mol. The Labute approximate surface area is 159 Å². The molecule has 0 aliphatic carbocycles. The number of halogens is 1. The number of hydrogen-bond donors (Lipinski definition) is 0. The van der Waals surface area contributed by atoms with Crippen LogP contribution in [0.3, 0.4) is 0 Å². The molecule has 0 saturated carbocycles. The summed E-state index contributed by atoms with van der Waals surface area (Å²) in [5.41, 5.74) is 0.712. The van der Waals surface area contributed by atoms with Crippen molar-refractivity contribution in [3.63, 3.8) is 0 Å². The van der Waals surface area contributed by atoms with Gasteiger partial charge in [0, 0.05) is 5.56 Å².